The van der Waals surface area contributed by atoms with E-state index in [4.69, 9.17) is 13.9 Å². The molecule has 0 radical (unpaired) electrons. The van der Waals surface area contributed by atoms with E-state index in [1.165, 1.54) is 36.9 Å². The molecule has 0 saturated heterocycles. The lowest BCUT2D eigenvalue weighted by molar-refractivity contribution is -0.384. The van der Waals surface area contributed by atoms with E-state index in [0.29, 0.717) is 23.1 Å². The van der Waals surface area contributed by atoms with E-state index >= 15 is 0 Å². The predicted octanol–water partition coefficient (Wildman–Crippen LogP) is 5.15. The van der Waals surface area contributed by atoms with Crippen LogP contribution in [0.4, 0.5) is 11.4 Å². The van der Waals surface area contributed by atoms with Crippen LogP contribution in [0, 0.1) is 10.1 Å². The van der Waals surface area contributed by atoms with Crippen LogP contribution in [0.25, 0.3) is 0 Å². The molecule has 0 aliphatic heterocycles. The Morgan fingerprint density at radius 2 is 1.87 bits per heavy atom. The van der Waals surface area contributed by atoms with Crippen molar-refractivity contribution in [3.8, 4) is 11.5 Å². The van der Waals surface area contributed by atoms with Crippen molar-refractivity contribution in [2.75, 3.05) is 12.4 Å². The van der Waals surface area contributed by atoms with Gasteiger partial charge in [-0.1, -0.05) is 26.0 Å². The Bertz CT molecular complexity index is 1040. The monoisotopic (exact) mass is 410 g/mol. The van der Waals surface area contributed by atoms with Gasteiger partial charge in [-0.15, -0.1) is 0 Å². The molecule has 1 aromatic heterocycles. The van der Waals surface area contributed by atoms with Crippen molar-refractivity contribution in [2.24, 2.45) is 0 Å². The summed E-state index contributed by atoms with van der Waals surface area (Å²) in [6.45, 7) is 4.42. The molecule has 8 nitrogen and oxygen atoms in total. The molecule has 2 aromatic carbocycles. The van der Waals surface area contributed by atoms with E-state index in [-0.39, 0.29) is 23.8 Å². The highest BCUT2D eigenvalue weighted by Gasteiger charge is 2.17. The number of non-ortho nitro benzene ring substituents is 1. The number of nitrogens with zero attached hydrogens (tertiary/aromatic N) is 1. The number of ether oxygens (including phenoxy) is 2. The number of anilines is 1. The second-order valence-corrected chi connectivity index (χ2v) is 6.87. The van der Waals surface area contributed by atoms with Crippen LogP contribution in [-0.4, -0.2) is 17.9 Å². The van der Waals surface area contributed by atoms with Gasteiger partial charge < -0.3 is 19.2 Å². The van der Waals surface area contributed by atoms with Crippen LogP contribution >= 0.6 is 0 Å². The van der Waals surface area contributed by atoms with E-state index in [0.717, 1.165) is 0 Å². The third kappa shape index (κ3) is 4.96. The van der Waals surface area contributed by atoms with Crippen LogP contribution in [0.15, 0.2) is 59.0 Å². The quantitative estimate of drug-likeness (QED) is 0.407. The average Bonchev–Trinajstić information content (AvgIpc) is 3.22. The Morgan fingerprint density at radius 3 is 2.50 bits per heavy atom. The maximum atomic E-state index is 12.5. The number of nitro benzene ring substituents is 1. The van der Waals surface area contributed by atoms with Crippen molar-refractivity contribution >= 4 is 17.3 Å². The lowest BCUT2D eigenvalue weighted by Crippen LogP contribution is -2.12. The normalized spacial score (nSPS) is 10.7. The number of nitrogens with one attached hydrogen (secondary N) is 1. The van der Waals surface area contributed by atoms with Crippen molar-refractivity contribution in [1.82, 2.24) is 0 Å². The van der Waals surface area contributed by atoms with E-state index < -0.39 is 10.8 Å². The SMILES string of the molecule is COc1cc([N+](=O)[O-])ccc1NC(=O)c1ccc(COc2ccc(C(C)C)cc2)o1. The van der Waals surface area contributed by atoms with Gasteiger partial charge in [0, 0.05) is 6.07 Å². The molecule has 1 heterocycles. The van der Waals surface area contributed by atoms with Crippen LogP contribution in [0.5, 0.6) is 11.5 Å². The zero-order valence-corrected chi connectivity index (χ0v) is 16.9. The molecule has 0 fully saturated rings. The minimum absolute atomic E-state index is 0.0872. The minimum Gasteiger partial charge on any atom is -0.494 e. The minimum atomic E-state index is -0.538. The lowest BCUT2D eigenvalue weighted by atomic mass is 10.0. The molecule has 0 aliphatic rings. The molecule has 0 aliphatic carbocycles. The van der Waals surface area contributed by atoms with Gasteiger partial charge in [0.15, 0.2) is 5.76 Å². The van der Waals surface area contributed by atoms with E-state index in [1.54, 1.807) is 6.07 Å². The summed E-state index contributed by atoms with van der Waals surface area (Å²) >= 11 is 0. The van der Waals surface area contributed by atoms with Gasteiger partial charge in [0.2, 0.25) is 0 Å². The fourth-order valence-electron chi connectivity index (χ4n) is 2.76. The Labute approximate surface area is 173 Å². The number of nitro groups is 1. The number of carbonyl (C=O) groups excluding carboxylic acids is 1. The summed E-state index contributed by atoms with van der Waals surface area (Å²) in [5.74, 6) is 1.40. The summed E-state index contributed by atoms with van der Waals surface area (Å²) in [5, 5.41) is 13.5. The van der Waals surface area contributed by atoms with Gasteiger partial charge in [-0.2, -0.15) is 0 Å². The van der Waals surface area contributed by atoms with Crippen molar-refractivity contribution in [1.29, 1.82) is 0 Å². The number of hydrogen-bond donors (Lipinski definition) is 1. The highest BCUT2D eigenvalue weighted by atomic mass is 16.6. The smallest absolute Gasteiger partial charge is 0.291 e. The molecular weight excluding hydrogens is 388 g/mol. The second kappa shape index (κ2) is 9.13. The van der Waals surface area contributed by atoms with Gasteiger partial charge in [0.1, 0.15) is 23.9 Å². The molecule has 0 bridgehead atoms. The van der Waals surface area contributed by atoms with Crippen LogP contribution in [0.2, 0.25) is 0 Å². The lowest BCUT2D eigenvalue weighted by Gasteiger charge is -2.09. The van der Waals surface area contributed by atoms with E-state index in [1.807, 2.05) is 24.3 Å². The summed E-state index contributed by atoms with van der Waals surface area (Å²) in [5.41, 5.74) is 1.39. The molecule has 8 heteroatoms. The fourth-order valence-corrected chi connectivity index (χ4v) is 2.76. The molecule has 3 rings (SSSR count). The van der Waals surface area contributed by atoms with E-state index in [2.05, 4.69) is 19.2 Å². The van der Waals surface area contributed by atoms with Crippen LogP contribution in [-0.2, 0) is 6.61 Å². The number of rotatable bonds is 8. The molecule has 1 amide bonds. The first-order chi connectivity index (χ1) is 14.4. The zero-order valence-electron chi connectivity index (χ0n) is 16.9. The number of furan rings is 1. The molecule has 0 atom stereocenters. The first kappa shape index (κ1) is 20.9. The largest absolute Gasteiger partial charge is 0.494 e. The number of methoxy groups -OCH3 is 1. The van der Waals surface area contributed by atoms with Crippen molar-refractivity contribution in [3.05, 3.63) is 81.8 Å². The number of hydrogen-bond acceptors (Lipinski definition) is 6. The predicted molar refractivity (Wildman–Crippen MR) is 111 cm³/mol. The molecule has 156 valence electrons. The maximum absolute atomic E-state index is 12.5. The molecular formula is C22H22N2O6. The van der Waals surface area contributed by atoms with Gasteiger partial charge in [-0.3, -0.25) is 14.9 Å². The molecule has 3 aromatic rings. The standard InChI is InChI=1S/C22H22N2O6/c1-14(2)15-4-7-17(8-5-15)29-13-18-9-11-20(30-18)22(25)23-19-10-6-16(24(26)27)12-21(19)28-3/h4-12,14H,13H2,1-3H3,(H,23,25). The Hall–Kier alpha value is -3.81. The Morgan fingerprint density at radius 1 is 1.13 bits per heavy atom. The average molecular weight is 410 g/mol. The molecule has 30 heavy (non-hydrogen) atoms. The maximum Gasteiger partial charge on any atom is 0.291 e. The van der Waals surface area contributed by atoms with Gasteiger partial charge >= 0.3 is 0 Å². The van der Waals surface area contributed by atoms with Gasteiger partial charge in [-0.05, 0) is 41.8 Å². The number of benzene rings is 2. The third-order valence-corrected chi connectivity index (χ3v) is 4.46. The Kier molecular flexibility index (Phi) is 6.36. The Balaban J connectivity index is 1.63. The highest BCUT2D eigenvalue weighted by molar-refractivity contribution is 6.03. The third-order valence-electron chi connectivity index (χ3n) is 4.46. The fraction of sp³-hybridized carbons (Fsp3) is 0.227. The first-order valence-corrected chi connectivity index (χ1v) is 9.32. The van der Waals surface area contributed by atoms with Crippen molar-refractivity contribution in [2.45, 2.75) is 26.4 Å². The van der Waals surface area contributed by atoms with Crippen LogP contribution in [0.3, 0.4) is 0 Å². The summed E-state index contributed by atoms with van der Waals surface area (Å²) < 4.78 is 16.4. The van der Waals surface area contributed by atoms with Gasteiger partial charge in [-0.25, -0.2) is 0 Å². The summed E-state index contributed by atoms with van der Waals surface area (Å²) in [6.07, 6.45) is 0. The molecule has 0 spiro atoms. The summed E-state index contributed by atoms with van der Waals surface area (Å²) in [7, 11) is 1.37. The highest BCUT2D eigenvalue weighted by Crippen LogP contribution is 2.29. The summed E-state index contributed by atoms with van der Waals surface area (Å²) in [6, 6.07) is 14.9. The molecule has 0 saturated carbocycles. The second-order valence-electron chi connectivity index (χ2n) is 6.87. The van der Waals surface area contributed by atoms with Gasteiger partial charge in [0.25, 0.3) is 11.6 Å². The topological polar surface area (TPSA) is 104 Å². The van der Waals surface area contributed by atoms with Crippen molar-refractivity contribution < 1.29 is 23.6 Å². The first-order valence-electron chi connectivity index (χ1n) is 9.32. The number of amides is 1. The number of carbonyl (C=O) groups is 1. The zero-order chi connectivity index (χ0) is 21.7. The van der Waals surface area contributed by atoms with E-state index in [9.17, 15) is 14.9 Å². The van der Waals surface area contributed by atoms with Crippen molar-refractivity contribution in [3.63, 3.8) is 0 Å². The van der Waals surface area contributed by atoms with Crippen LogP contribution in [0.1, 0.15) is 41.6 Å². The van der Waals surface area contributed by atoms with Crippen LogP contribution < -0.4 is 14.8 Å². The molecule has 0 unspecified atom stereocenters. The summed E-state index contributed by atoms with van der Waals surface area (Å²) in [4.78, 5) is 22.8. The molecule has 1 N–H and O–H groups in total. The van der Waals surface area contributed by atoms with Gasteiger partial charge in [0.05, 0.1) is 23.8 Å².